The highest BCUT2D eigenvalue weighted by molar-refractivity contribution is 5.94. The van der Waals surface area contributed by atoms with Gasteiger partial charge < -0.3 is 28.7 Å². The fourth-order valence-corrected chi connectivity index (χ4v) is 4.11. The van der Waals surface area contributed by atoms with Crippen LogP contribution in [0, 0.1) is 0 Å². The average molecular weight is 455 g/mol. The zero-order valence-corrected chi connectivity index (χ0v) is 19.3. The SMILES string of the molecule is CCN(CC)C(=O)OC1Cc2cc(-c3ccc(C(=O)N4CCOCC4)cc3)cc(OC)c2O1. The van der Waals surface area contributed by atoms with Crippen LogP contribution in [0.2, 0.25) is 0 Å². The molecule has 0 aromatic heterocycles. The van der Waals surface area contributed by atoms with Gasteiger partial charge in [-0.2, -0.15) is 0 Å². The monoisotopic (exact) mass is 454 g/mol. The summed E-state index contributed by atoms with van der Waals surface area (Å²) in [5.74, 6) is 1.19. The first-order chi connectivity index (χ1) is 16.0. The Morgan fingerprint density at radius 2 is 1.76 bits per heavy atom. The van der Waals surface area contributed by atoms with Gasteiger partial charge in [0, 0.05) is 37.3 Å². The minimum Gasteiger partial charge on any atom is -0.493 e. The molecule has 2 aliphatic rings. The number of hydrogen-bond donors (Lipinski definition) is 0. The van der Waals surface area contributed by atoms with Crippen molar-refractivity contribution in [3.8, 4) is 22.6 Å². The summed E-state index contributed by atoms with van der Waals surface area (Å²) in [6.07, 6.45) is -0.636. The van der Waals surface area contributed by atoms with E-state index in [1.54, 1.807) is 12.0 Å². The van der Waals surface area contributed by atoms with Gasteiger partial charge in [0.1, 0.15) is 0 Å². The highest BCUT2D eigenvalue weighted by Crippen LogP contribution is 2.41. The van der Waals surface area contributed by atoms with Crippen LogP contribution in [0.1, 0.15) is 29.8 Å². The van der Waals surface area contributed by atoms with Crippen LogP contribution in [-0.2, 0) is 15.9 Å². The molecule has 0 spiro atoms. The summed E-state index contributed by atoms with van der Waals surface area (Å²) in [4.78, 5) is 28.4. The van der Waals surface area contributed by atoms with Crippen LogP contribution in [0.3, 0.4) is 0 Å². The van der Waals surface area contributed by atoms with Crippen LogP contribution < -0.4 is 9.47 Å². The predicted octanol–water partition coefficient (Wildman–Crippen LogP) is 3.57. The van der Waals surface area contributed by atoms with Gasteiger partial charge in [0.2, 0.25) is 0 Å². The van der Waals surface area contributed by atoms with E-state index in [1.165, 1.54) is 0 Å². The summed E-state index contributed by atoms with van der Waals surface area (Å²) in [7, 11) is 1.59. The fourth-order valence-electron chi connectivity index (χ4n) is 4.11. The van der Waals surface area contributed by atoms with E-state index < -0.39 is 12.4 Å². The normalized spacial score (nSPS) is 17.2. The van der Waals surface area contributed by atoms with Crippen LogP contribution in [0.4, 0.5) is 4.79 Å². The number of benzene rings is 2. The Kier molecular flexibility index (Phi) is 7.03. The van der Waals surface area contributed by atoms with Gasteiger partial charge in [-0.05, 0) is 49.2 Å². The summed E-state index contributed by atoms with van der Waals surface area (Å²) >= 11 is 0. The lowest BCUT2D eigenvalue weighted by molar-refractivity contribution is -0.0320. The number of fused-ring (bicyclic) bond motifs is 1. The number of nitrogens with zero attached hydrogens (tertiary/aromatic N) is 2. The van der Waals surface area contributed by atoms with E-state index in [9.17, 15) is 9.59 Å². The summed E-state index contributed by atoms with van der Waals surface area (Å²) in [6, 6.07) is 11.5. The standard InChI is InChI=1S/C25H30N2O6/c1-4-26(5-2)25(29)33-22-16-20-14-19(15-21(30-3)23(20)32-22)17-6-8-18(9-7-17)24(28)27-10-12-31-13-11-27/h6-9,14-15,22H,4-5,10-13,16H2,1-3H3. The van der Waals surface area contributed by atoms with Crippen LogP contribution >= 0.6 is 0 Å². The summed E-state index contributed by atoms with van der Waals surface area (Å²) in [5, 5.41) is 0. The number of morpholine rings is 1. The second-order valence-corrected chi connectivity index (χ2v) is 7.96. The maximum Gasteiger partial charge on any atom is 0.412 e. The van der Waals surface area contributed by atoms with E-state index in [2.05, 4.69) is 0 Å². The largest absolute Gasteiger partial charge is 0.493 e. The molecule has 1 atom stereocenters. The second kappa shape index (κ2) is 10.1. The number of rotatable bonds is 6. The zero-order chi connectivity index (χ0) is 23.4. The molecule has 1 saturated heterocycles. The van der Waals surface area contributed by atoms with Crippen molar-refractivity contribution in [3.05, 3.63) is 47.5 Å². The average Bonchev–Trinajstić information content (AvgIpc) is 3.26. The molecule has 176 valence electrons. The van der Waals surface area contributed by atoms with Gasteiger partial charge >= 0.3 is 6.09 Å². The smallest absolute Gasteiger partial charge is 0.412 e. The van der Waals surface area contributed by atoms with Crippen LogP contribution in [-0.4, -0.2) is 74.6 Å². The Morgan fingerprint density at radius 3 is 2.39 bits per heavy atom. The van der Waals surface area contributed by atoms with Crippen molar-refractivity contribution in [2.24, 2.45) is 0 Å². The van der Waals surface area contributed by atoms with Crippen LogP contribution in [0.25, 0.3) is 11.1 Å². The molecule has 1 unspecified atom stereocenters. The predicted molar refractivity (Wildman–Crippen MR) is 123 cm³/mol. The van der Waals surface area contributed by atoms with Crippen molar-refractivity contribution in [2.45, 2.75) is 26.6 Å². The Balaban J connectivity index is 1.50. The molecule has 1 fully saturated rings. The van der Waals surface area contributed by atoms with Gasteiger partial charge in [-0.15, -0.1) is 0 Å². The van der Waals surface area contributed by atoms with Crippen molar-refractivity contribution in [1.29, 1.82) is 0 Å². The first kappa shape index (κ1) is 22.9. The molecule has 2 amide bonds. The molecule has 4 rings (SSSR count). The van der Waals surface area contributed by atoms with Gasteiger partial charge in [0.25, 0.3) is 12.2 Å². The molecule has 8 nitrogen and oxygen atoms in total. The van der Waals surface area contributed by atoms with Crippen LogP contribution in [0.15, 0.2) is 36.4 Å². The Morgan fingerprint density at radius 1 is 1.06 bits per heavy atom. The quantitative estimate of drug-likeness (QED) is 0.664. The van der Waals surface area contributed by atoms with E-state index in [4.69, 9.17) is 18.9 Å². The molecule has 0 radical (unpaired) electrons. The Labute approximate surface area is 194 Å². The number of methoxy groups -OCH3 is 1. The lowest BCUT2D eigenvalue weighted by Gasteiger charge is -2.26. The van der Waals surface area contributed by atoms with Crippen molar-refractivity contribution in [2.75, 3.05) is 46.5 Å². The highest BCUT2D eigenvalue weighted by Gasteiger charge is 2.31. The third-order valence-corrected chi connectivity index (χ3v) is 6.00. The molecule has 2 aromatic carbocycles. The number of hydrogen-bond acceptors (Lipinski definition) is 6. The minimum atomic E-state index is -0.689. The molecule has 0 bridgehead atoms. The molecular formula is C25H30N2O6. The van der Waals surface area contributed by atoms with E-state index in [1.807, 2.05) is 55.1 Å². The second-order valence-electron chi connectivity index (χ2n) is 7.96. The Hall–Kier alpha value is -3.26. The zero-order valence-electron chi connectivity index (χ0n) is 19.3. The lowest BCUT2D eigenvalue weighted by atomic mass is 9.99. The number of amides is 2. The number of ether oxygens (including phenoxy) is 4. The molecule has 2 aromatic rings. The molecule has 2 aliphatic heterocycles. The van der Waals surface area contributed by atoms with Crippen molar-refractivity contribution in [1.82, 2.24) is 9.80 Å². The van der Waals surface area contributed by atoms with Gasteiger partial charge in [0.15, 0.2) is 11.5 Å². The topological polar surface area (TPSA) is 77.5 Å². The summed E-state index contributed by atoms with van der Waals surface area (Å²) < 4.78 is 22.3. The van der Waals surface area contributed by atoms with Crippen LogP contribution in [0.5, 0.6) is 11.5 Å². The van der Waals surface area contributed by atoms with E-state index in [0.717, 1.165) is 16.7 Å². The first-order valence-corrected chi connectivity index (χ1v) is 11.3. The molecular weight excluding hydrogens is 424 g/mol. The first-order valence-electron chi connectivity index (χ1n) is 11.3. The van der Waals surface area contributed by atoms with Crippen molar-refractivity contribution < 1.29 is 28.5 Å². The third-order valence-electron chi connectivity index (χ3n) is 6.00. The summed E-state index contributed by atoms with van der Waals surface area (Å²) in [5.41, 5.74) is 3.46. The van der Waals surface area contributed by atoms with Crippen molar-refractivity contribution >= 4 is 12.0 Å². The fraction of sp³-hybridized carbons (Fsp3) is 0.440. The van der Waals surface area contributed by atoms with Crippen molar-refractivity contribution in [3.63, 3.8) is 0 Å². The molecule has 0 saturated carbocycles. The molecule has 0 aliphatic carbocycles. The van der Waals surface area contributed by atoms with Gasteiger partial charge in [0.05, 0.1) is 26.7 Å². The van der Waals surface area contributed by atoms with E-state index in [0.29, 0.717) is 62.9 Å². The highest BCUT2D eigenvalue weighted by atomic mass is 16.7. The van der Waals surface area contributed by atoms with Gasteiger partial charge in [-0.3, -0.25) is 4.79 Å². The van der Waals surface area contributed by atoms with Gasteiger partial charge in [-0.1, -0.05) is 12.1 Å². The molecule has 2 heterocycles. The molecule has 0 N–H and O–H groups in total. The maximum absolute atomic E-state index is 12.7. The van der Waals surface area contributed by atoms with E-state index >= 15 is 0 Å². The third kappa shape index (κ3) is 4.90. The van der Waals surface area contributed by atoms with E-state index in [-0.39, 0.29) is 5.91 Å². The number of carbonyl (C=O) groups is 2. The number of carbonyl (C=O) groups excluding carboxylic acids is 2. The molecule has 8 heteroatoms. The Bertz CT molecular complexity index is 997. The minimum absolute atomic E-state index is 0.0163. The maximum atomic E-state index is 12.7. The van der Waals surface area contributed by atoms with Gasteiger partial charge in [-0.25, -0.2) is 4.79 Å². The molecule has 33 heavy (non-hydrogen) atoms. The summed E-state index contributed by atoms with van der Waals surface area (Å²) in [6.45, 7) is 7.34. The lowest BCUT2D eigenvalue weighted by Crippen LogP contribution is -2.40.